The molecule has 72 valence electrons. The fourth-order valence-electron chi connectivity index (χ4n) is 0.938. The van der Waals surface area contributed by atoms with Crippen molar-refractivity contribution < 1.29 is 4.74 Å². The Kier molecular flexibility index (Phi) is 4.57. The summed E-state index contributed by atoms with van der Waals surface area (Å²) in [5, 5.41) is 3.18. The molecule has 3 nitrogen and oxygen atoms in total. The van der Waals surface area contributed by atoms with Crippen LogP contribution in [0.1, 0.15) is 0 Å². The third-order valence-corrected chi connectivity index (χ3v) is 1.84. The van der Waals surface area contributed by atoms with Crippen molar-refractivity contribution in [3.63, 3.8) is 0 Å². The van der Waals surface area contributed by atoms with Crippen LogP contribution in [0.4, 0.5) is 5.69 Å². The second kappa shape index (κ2) is 5.78. The van der Waals surface area contributed by atoms with Gasteiger partial charge in [0, 0.05) is 31.7 Å². The van der Waals surface area contributed by atoms with E-state index in [0.29, 0.717) is 13.2 Å². The first-order valence-corrected chi connectivity index (χ1v) is 4.53. The molecule has 0 aliphatic heterocycles. The van der Waals surface area contributed by atoms with Crippen molar-refractivity contribution in [1.82, 2.24) is 4.98 Å². The minimum Gasteiger partial charge on any atom is -0.383 e. The van der Waals surface area contributed by atoms with Crippen molar-refractivity contribution in [3.8, 4) is 0 Å². The van der Waals surface area contributed by atoms with Crippen LogP contribution in [0.5, 0.6) is 0 Å². The lowest BCUT2D eigenvalue weighted by molar-refractivity contribution is 0.200. The topological polar surface area (TPSA) is 34.1 Å². The molecular weight excluding hydrogens is 188 g/mol. The largest absolute Gasteiger partial charge is 0.383 e. The second-order valence-electron chi connectivity index (χ2n) is 2.67. The van der Waals surface area contributed by atoms with E-state index < -0.39 is 0 Å². The highest BCUT2D eigenvalue weighted by Gasteiger charge is 2.02. The zero-order chi connectivity index (χ0) is 9.52. The van der Waals surface area contributed by atoms with Gasteiger partial charge in [0.1, 0.15) is 0 Å². The summed E-state index contributed by atoms with van der Waals surface area (Å²) < 4.78 is 4.91. The summed E-state index contributed by atoms with van der Waals surface area (Å²) in [6, 6.07) is 3.80. The standard InChI is InChI=1S/C9H13ClN2O/c1-13-7-8(10)6-12-9-2-4-11-5-3-9/h2-5,8H,6-7H2,1H3,(H,11,12). The van der Waals surface area contributed by atoms with Crippen molar-refractivity contribution in [2.45, 2.75) is 5.38 Å². The van der Waals surface area contributed by atoms with Gasteiger partial charge >= 0.3 is 0 Å². The van der Waals surface area contributed by atoms with Gasteiger partial charge in [-0.1, -0.05) is 0 Å². The number of hydrogen-bond donors (Lipinski definition) is 1. The summed E-state index contributed by atoms with van der Waals surface area (Å²) in [6.07, 6.45) is 3.48. The number of pyridine rings is 1. The van der Waals surface area contributed by atoms with Crippen LogP contribution in [-0.4, -0.2) is 30.6 Å². The van der Waals surface area contributed by atoms with Crippen molar-refractivity contribution in [3.05, 3.63) is 24.5 Å². The highest BCUT2D eigenvalue weighted by atomic mass is 35.5. The Morgan fingerprint density at radius 2 is 2.23 bits per heavy atom. The van der Waals surface area contributed by atoms with Crippen LogP contribution in [0.25, 0.3) is 0 Å². The number of ether oxygens (including phenoxy) is 1. The smallest absolute Gasteiger partial charge is 0.0741 e. The van der Waals surface area contributed by atoms with Crippen LogP contribution < -0.4 is 5.32 Å². The summed E-state index contributed by atoms with van der Waals surface area (Å²) in [5.41, 5.74) is 1.02. The Hall–Kier alpha value is -0.800. The van der Waals surface area contributed by atoms with Crippen LogP contribution in [0.2, 0.25) is 0 Å². The zero-order valence-electron chi connectivity index (χ0n) is 7.53. The minimum atomic E-state index is -0.00170. The molecule has 0 bridgehead atoms. The Labute approximate surface area is 83.1 Å². The van der Waals surface area contributed by atoms with Crippen molar-refractivity contribution in [1.29, 1.82) is 0 Å². The Morgan fingerprint density at radius 3 is 2.85 bits per heavy atom. The van der Waals surface area contributed by atoms with Crippen molar-refractivity contribution >= 4 is 17.3 Å². The number of hydrogen-bond acceptors (Lipinski definition) is 3. The lowest BCUT2D eigenvalue weighted by Crippen LogP contribution is -2.18. The molecule has 0 amide bonds. The highest BCUT2D eigenvalue weighted by molar-refractivity contribution is 6.21. The number of nitrogens with one attached hydrogen (secondary N) is 1. The van der Waals surface area contributed by atoms with Gasteiger partial charge in [-0.3, -0.25) is 4.98 Å². The number of nitrogens with zero attached hydrogens (tertiary/aromatic N) is 1. The van der Waals surface area contributed by atoms with Gasteiger partial charge in [0.05, 0.1) is 12.0 Å². The van der Waals surface area contributed by atoms with E-state index in [4.69, 9.17) is 16.3 Å². The summed E-state index contributed by atoms with van der Waals surface area (Å²) in [5.74, 6) is 0. The predicted molar refractivity (Wildman–Crippen MR) is 54.2 cm³/mol. The molecule has 1 aromatic heterocycles. The first kappa shape index (κ1) is 10.3. The number of halogens is 1. The van der Waals surface area contributed by atoms with E-state index in [1.165, 1.54) is 0 Å². The molecule has 1 atom stereocenters. The molecule has 1 N–H and O–H groups in total. The maximum atomic E-state index is 5.93. The van der Waals surface area contributed by atoms with Crippen LogP contribution in [0.15, 0.2) is 24.5 Å². The van der Waals surface area contributed by atoms with Gasteiger partial charge in [0.25, 0.3) is 0 Å². The summed E-state index contributed by atoms with van der Waals surface area (Å²) in [6.45, 7) is 1.25. The molecule has 0 radical (unpaired) electrons. The Morgan fingerprint density at radius 1 is 1.54 bits per heavy atom. The third kappa shape index (κ3) is 4.10. The molecule has 0 spiro atoms. The first-order valence-electron chi connectivity index (χ1n) is 4.10. The number of anilines is 1. The van der Waals surface area contributed by atoms with E-state index in [1.807, 2.05) is 12.1 Å². The molecule has 0 saturated carbocycles. The second-order valence-corrected chi connectivity index (χ2v) is 3.29. The zero-order valence-corrected chi connectivity index (χ0v) is 8.29. The lowest BCUT2D eigenvalue weighted by atomic mass is 10.3. The molecule has 0 aromatic carbocycles. The molecule has 1 heterocycles. The minimum absolute atomic E-state index is 0.00170. The van der Waals surface area contributed by atoms with Crippen LogP contribution in [0.3, 0.4) is 0 Å². The van der Waals surface area contributed by atoms with E-state index in [2.05, 4.69) is 10.3 Å². The van der Waals surface area contributed by atoms with Gasteiger partial charge in [-0.2, -0.15) is 0 Å². The quantitative estimate of drug-likeness (QED) is 0.736. The Balaban J connectivity index is 2.27. The van der Waals surface area contributed by atoms with E-state index in [1.54, 1.807) is 19.5 Å². The van der Waals surface area contributed by atoms with E-state index in [9.17, 15) is 0 Å². The maximum Gasteiger partial charge on any atom is 0.0741 e. The number of rotatable bonds is 5. The van der Waals surface area contributed by atoms with Crippen molar-refractivity contribution in [2.24, 2.45) is 0 Å². The molecule has 0 fully saturated rings. The summed E-state index contributed by atoms with van der Waals surface area (Å²) >= 11 is 5.93. The van der Waals surface area contributed by atoms with Gasteiger partial charge in [-0.05, 0) is 12.1 Å². The van der Waals surface area contributed by atoms with E-state index >= 15 is 0 Å². The van der Waals surface area contributed by atoms with Gasteiger partial charge in [0.15, 0.2) is 0 Å². The molecule has 1 unspecified atom stereocenters. The van der Waals surface area contributed by atoms with Crippen LogP contribution >= 0.6 is 11.6 Å². The van der Waals surface area contributed by atoms with Gasteiger partial charge in [0.2, 0.25) is 0 Å². The molecular formula is C9H13ClN2O. The van der Waals surface area contributed by atoms with E-state index in [-0.39, 0.29) is 5.38 Å². The molecule has 4 heteroatoms. The SMILES string of the molecule is COCC(Cl)CNc1ccncc1. The number of aromatic nitrogens is 1. The van der Waals surface area contributed by atoms with Gasteiger partial charge in [-0.15, -0.1) is 11.6 Å². The average molecular weight is 201 g/mol. The fourth-order valence-corrected chi connectivity index (χ4v) is 1.14. The average Bonchev–Trinajstić information content (AvgIpc) is 2.17. The lowest BCUT2D eigenvalue weighted by Gasteiger charge is -2.10. The molecule has 0 saturated heterocycles. The third-order valence-electron chi connectivity index (χ3n) is 1.56. The van der Waals surface area contributed by atoms with Crippen molar-refractivity contribution in [2.75, 3.05) is 25.6 Å². The maximum absolute atomic E-state index is 5.93. The molecule has 13 heavy (non-hydrogen) atoms. The van der Waals surface area contributed by atoms with E-state index in [0.717, 1.165) is 5.69 Å². The normalized spacial score (nSPS) is 12.5. The predicted octanol–water partition coefficient (Wildman–Crippen LogP) is 1.75. The summed E-state index contributed by atoms with van der Waals surface area (Å²) in [4.78, 5) is 3.91. The summed E-state index contributed by atoms with van der Waals surface area (Å²) in [7, 11) is 1.64. The van der Waals surface area contributed by atoms with Gasteiger partial charge < -0.3 is 10.1 Å². The Bertz CT molecular complexity index is 230. The van der Waals surface area contributed by atoms with Crippen LogP contribution in [-0.2, 0) is 4.74 Å². The number of methoxy groups -OCH3 is 1. The molecule has 0 aliphatic rings. The molecule has 1 aromatic rings. The fraction of sp³-hybridized carbons (Fsp3) is 0.444. The van der Waals surface area contributed by atoms with Gasteiger partial charge in [-0.25, -0.2) is 0 Å². The monoisotopic (exact) mass is 200 g/mol. The first-order chi connectivity index (χ1) is 6.33. The highest BCUT2D eigenvalue weighted by Crippen LogP contribution is 2.04. The molecule has 0 aliphatic carbocycles. The molecule has 1 rings (SSSR count). The number of alkyl halides is 1. The van der Waals surface area contributed by atoms with Crippen LogP contribution in [0, 0.1) is 0 Å².